The number of benzene rings is 3. The van der Waals surface area contributed by atoms with Gasteiger partial charge in [0.2, 0.25) is 23.7 Å². The monoisotopic (exact) mass is 1070 g/mol. The predicted molar refractivity (Wildman–Crippen MR) is 290 cm³/mol. The zero-order valence-corrected chi connectivity index (χ0v) is 46.1. The molecule has 0 spiro atoms. The van der Waals surface area contributed by atoms with Gasteiger partial charge in [-0.2, -0.15) is 4.98 Å². The number of sulfone groups is 1. The van der Waals surface area contributed by atoms with E-state index < -0.39 is 50.5 Å². The lowest BCUT2D eigenvalue weighted by atomic mass is 9.85. The fraction of sp³-hybridized carbons (Fsp3) is 0.481. The van der Waals surface area contributed by atoms with Crippen LogP contribution in [0.2, 0.25) is 5.02 Å². The Morgan fingerprint density at radius 3 is 2.34 bits per heavy atom. The minimum Gasteiger partial charge on any atom is -0.489 e. The van der Waals surface area contributed by atoms with Gasteiger partial charge in [-0.25, -0.2) is 18.4 Å². The van der Waals surface area contributed by atoms with Gasteiger partial charge in [0.1, 0.15) is 29.5 Å². The first-order chi connectivity index (χ1) is 35.1. The zero-order valence-electron chi connectivity index (χ0n) is 43.7. The molecule has 4 heterocycles. The molecule has 2 saturated heterocycles. The summed E-state index contributed by atoms with van der Waals surface area (Å²) in [7, 11) is -3.60. The van der Waals surface area contributed by atoms with Gasteiger partial charge in [-0.1, -0.05) is 68.8 Å². The minimum absolute atomic E-state index is 0.0158. The molecule has 2 aliphatic rings. The van der Waals surface area contributed by atoms with Crippen molar-refractivity contribution in [3.8, 4) is 16.2 Å². The molecular formula is C54H70ClN9O8S2. The fourth-order valence-corrected chi connectivity index (χ4v) is 11.4. The number of nitrogens with one attached hydrogen (secondary N) is 4. The molecule has 0 unspecified atom stereocenters. The van der Waals surface area contributed by atoms with E-state index in [1.165, 1.54) is 16.7 Å². The standard InChI is InChI=1S/C54H70ClN9O8S2/c1-32(2)72-45-26-40(34(5)24-43(45)60-53-57-28-41(55)50(62-53)59-42-12-10-11-13-46(42)74(69,70)33(3)4)37-18-20-63(21-19-37)22-23-71-30-47(66)61-49(54(7,8)9)52(68)64-29-39(65)25-44(64)51(67)56-27-36-14-16-38(17-15-36)48-35(6)58-31-73-48/h10-17,24,26,28,31-33,37,39,44,49,65H,18-23,25,27,29-30H2,1-9H3,(H,56,67)(H,61,66)(H2,57,59,60,62)/t39-,44+,49+/m1/s1. The molecule has 5 aromatic rings. The number of piperidine rings is 1. The molecule has 7 rings (SSSR count). The average Bonchev–Trinajstić information content (AvgIpc) is 3.98. The van der Waals surface area contributed by atoms with Crippen molar-refractivity contribution in [3.05, 3.63) is 99.8 Å². The Balaban J connectivity index is 0.895. The van der Waals surface area contributed by atoms with Gasteiger partial charge in [-0.3, -0.25) is 14.4 Å². The summed E-state index contributed by atoms with van der Waals surface area (Å²) in [4.78, 5) is 59.3. The van der Waals surface area contributed by atoms with Gasteiger partial charge in [0.15, 0.2) is 15.7 Å². The molecule has 2 aliphatic heterocycles. The van der Waals surface area contributed by atoms with Gasteiger partial charge in [0, 0.05) is 26.1 Å². The maximum atomic E-state index is 14.1. The van der Waals surface area contributed by atoms with E-state index in [0.29, 0.717) is 30.3 Å². The summed E-state index contributed by atoms with van der Waals surface area (Å²) < 4.78 is 38.5. The smallest absolute Gasteiger partial charge is 0.246 e. The van der Waals surface area contributed by atoms with E-state index in [2.05, 4.69) is 54.1 Å². The molecule has 0 aliphatic carbocycles. The normalized spacial score (nSPS) is 17.1. The first kappa shape index (κ1) is 56.0. The first-order valence-electron chi connectivity index (χ1n) is 25.1. The van der Waals surface area contributed by atoms with E-state index in [0.717, 1.165) is 53.2 Å². The number of likely N-dealkylation sites (tertiary alicyclic amines) is 2. The average molecular weight is 1070 g/mol. The second-order valence-electron chi connectivity index (χ2n) is 20.7. The molecule has 0 bridgehead atoms. The Bertz CT molecular complexity index is 2880. The number of aliphatic hydroxyl groups is 1. The number of ether oxygens (including phenoxy) is 2. The summed E-state index contributed by atoms with van der Waals surface area (Å²) in [5.41, 5.74) is 7.30. The van der Waals surface area contributed by atoms with Gasteiger partial charge in [0.25, 0.3) is 0 Å². The summed E-state index contributed by atoms with van der Waals surface area (Å²) in [6, 6.07) is 16.8. The van der Waals surface area contributed by atoms with Crippen LogP contribution in [0.15, 0.2) is 77.3 Å². The van der Waals surface area contributed by atoms with E-state index >= 15 is 0 Å². The molecule has 2 aromatic heterocycles. The third kappa shape index (κ3) is 14.0. The Kier molecular flexibility index (Phi) is 18.4. The number of carbonyl (C=O) groups is 3. The van der Waals surface area contributed by atoms with Crippen LogP contribution in [-0.2, 0) is 35.5 Å². The number of aryl methyl sites for hydroxylation is 2. The van der Waals surface area contributed by atoms with E-state index in [4.69, 9.17) is 21.1 Å². The topological polar surface area (TPSA) is 217 Å². The molecule has 17 nitrogen and oxygen atoms in total. The summed E-state index contributed by atoms with van der Waals surface area (Å²) in [6.45, 7) is 19.4. The van der Waals surface area contributed by atoms with Crippen LogP contribution < -0.4 is 26.0 Å². The highest BCUT2D eigenvalue weighted by atomic mass is 35.5. The van der Waals surface area contributed by atoms with Gasteiger partial charge in [-0.15, -0.1) is 11.3 Å². The summed E-state index contributed by atoms with van der Waals surface area (Å²) >= 11 is 8.10. The Hall–Kier alpha value is -5.70. The number of hydrogen-bond donors (Lipinski definition) is 5. The maximum Gasteiger partial charge on any atom is 0.246 e. The highest BCUT2D eigenvalue weighted by molar-refractivity contribution is 7.92. The number of amides is 3. The zero-order chi connectivity index (χ0) is 53.5. The molecule has 0 saturated carbocycles. The van der Waals surface area contributed by atoms with Crippen LogP contribution in [-0.4, -0.2) is 125 Å². The second kappa shape index (κ2) is 24.3. The number of halogens is 1. The van der Waals surface area contributed by atoms with Crippen molar-refractivity contribution in [2.45, 2.75) is 128 Å². The van der Waals surface area contributed by atoms with Crippen LogP contribution in [0.1, 0.15) is 96.0 Å². The molecule has 2 fully saturated rings. The van der Waals surface area contributed by atoms with Crippen LogP contribution in [0.5, 0.6) is 5.75 Å². The third-order valence-electron chi connectivity index (χ3n) is 13.3. The first-order valence-corrected chi connectivity index (χ1v) is 27.9. The highest BCUT2D eigenvalue weighted by Crippen LogP contribution is 2.39. The van der Waals surface area contributed by atoms with Crippen molar-refractivity contribution >= 4 is 73.6 Å². The SMILES string of the molecule is Cc1cc(Nc2ncc(Cl)c(Nc3ccccc3S(=O)(=O)C(C)C)n2)c(OC(C)C)cc1C1CCN(CCOCC(=O)N[C@@H](C(=O)N2C[C@H](O)C[C@H]2C(=O)NCc2ccc(-c3scnc3C)cc2)C(C)(C)C)CC1. The lowest BCUT2D eigenvalue weighted by molar-refractivity contribution is -0.144. The molecule has 5 N–H and O–H groups in total. The molecular weight excluding hydrogens is 1000 g/mol. The van der Waals surface area contributed by atoms with Crippen molar-refractivity contribution < 1.29 is 37.4 Å². The number of anilines is 4. The number of thiazole rings is 1. The lowest BCUT2D eigenvalue weighted by Gasteiger charge is -2.35. The van der Waals surface area contributed by atoms with Crippen LogP contribution in [0.3, 0.4) is 0 Å². The Labute approximate surface area is 444 Å². The van der Waals surface area contributed by atoms with Crippen LogP contribution in [0, 0.1) is 19.3 Å². The molecule has 3 aromatic carbocycles. The molecule has 0 radical (unpaired) electrons. The third-order valence-corrected chi connectivity index (χ3v) is 16.8. The lowest BCUT2D eigenvalue weighted by Crippen LogP contribution is -2.58. The summed E-state index contributed by atoms with van der Waals surface area (Å²) in [5, 5.41) is 22.5. The number of rotatable bonds is 20. The summed E-state index contributed by atoms with van der Waals surface area (Å²) in [5.74, 6) is 0.163. The van der Waals surface area contributed by atoms with E-state index in [-0.39, 0.29) is 65.7 Å². The molecule has 398 valence electrons. The van der Waals surface area contributed by atoms with Crippen molar-refractivity contribution in [1.29, 1.82) is 0 Å². The Morgan fingerprint density at radius 2 is 1.68 bits per heavy atom. The van der Waals surface area contributed by atoms with Gasteiger partial charge in [-0.05, 0) is 125 Å². The number of β-amino-alcohol motifs (C(OH)–C–C–N with tert-alkyl or cyclic N) is 1. The van der Waals surface area contributed by atoms with Crippen molar-refractivity contribution in [2.24, 2.45) is 5.41 Å². The second-order valence-corrected chi connectivity index (χ2v) is 24.4. The van der Waals surface area contributed by atoms with Gasteiger partial charge >= 0.3 is 0 Å². The molecule has 3 atom stereocenters. The molecule has 3 amide bonds. The van der Waals surface area contributed by atoms with Gasteiger partial charge in [0.05, 0.1) is 62.6 Å². The van der Waals surface area contributed by atoms with E-state index in [9.17, 15) is 27.9 Å². The predicted octanol–water partition coefficient (Wildman–Crippen LogP) is 8.33. The Morgan fingerprint density at radius 1 is 0.959 bits per heavy atom. The number of aliphatic hydroxyl groups excluding tert-OH is 1. The van der Waals surface area contributed by atoms with Crippen molar-refractivity contribution in [2.75, 3.05) is 50.0 Å². The van der Waals surface area contributed by atoms with Crippen molar-refractivity contribution in [1.82, 2.24) is 35.4 Å². The number of carbonyl (C=O) groups excluding carboxylic acids is 3. The quantitative estimate of drug-likeness (QED) is 0.0463. The van der Waals surface area contributed by atoms with Crippen LogP contribution in [0.4, 0.5) is 23.1 Å². The summed E-state index contributed by atoms with van der Waals surface area (Å²) in [6.07, 6.45) is 2.36. The molecule has 20 heteroatoms. The van der Waals surface area contributed by atoms with Crippen molar-refractivity contribution in [3.63, 3.8) is 0 Å². The maximum absolute atomic E-state index is 14.1. The van der Waals surface area contributed by atoms with E-state index in [1.807, 2.05) is 77.4 Å². The number of nitrogens with zero attached hydrogens (tertiary/aromatic N) is 5. The van der Waals surface area contributed by atoms with Gasteiger partial charge < -0.3 is 45.6 Å². The largest absolute Gasteiger partial charge is 0.489 e. The number of para-hydroxylation sites is 1. The van der Waals surface area contributed by atoms with Crippen LogP contribution in [0.25, 0.3) is 10.4 Å². The minimum atomic E-state index is -3.60. The van der Waals surface area contributed by atoms with E-state index in [1.54, 1.807) is 49.4 Å². The number of hydrogen-bond acceptors (Lipinski definition) is 15. The molecule has 74 heavy (non-hydrogen) atoms. The highest BCUT2D eigenvalue weighted by Gasteiger charge is 2.44. The number of aromatic nitrogens is 3. The van der Waals surface area contributed by atoms with Crippen LogP contribution >= 0.6 is 22.9 Å². The fourth-order valence-electron chi connectivity index (χ4n) is 9.24.